The molecular formula is C19H23N5O5S. The van der Waals surface area contributed by atoms with E-state index in [0.717, 1.165) is 5.56 Å². The minimum absolute atomic E-state index is 0.0845. The summed E-state index contributed by atoms with van der Waals surface area (Å²) < 4.78 is 33.5. The number of ether oxygens (including phenoxy) is 1. The van der Waals surface area contributed by atoms with E-state index in [0.29, 0.717) is 49.9 Å². The fraction of sp³-hybridized carbons (Fsp3) is 0.421. The van der Waals surface area contributed by atoms with Crippen LogP contribution in [0.25, 0.3) is 0 Å². The Morgan fingerprint density at radius 1 is 1.23 bits per heavy atom. The van der Waals surface area contributed by atoms with Gasteiger partial charge in [0.25, 0.3) is 5.91 Å². The molecule has 11 heteroatoms. The van der Waals surface area contributed by atoms with Crippen LogP contribution in [0, 0.1) is 0 Å². The van der Waals surface area contributed by atoms with Crippen LogP contribution in [0.15, 0.2) is 29.2 Å². The first kappa shape index (κ1) is 20.5. The molecule has 2 amide bonds. The van der Waals surface area contributed by atoms with E-state index in [1.165, 1.54) is 33.3 Å². The van der Waals surface area contributed by atoms with Crippen molar-refractivity contribution in [3.05, 3.63) is 35.4 Å². The number of aromatic nitrogens is 2. The Bertz CT molecular complexity index is 1090. The molecule has 0 aliphatic carbocycles. The Kier molecular flexibility index (Phi) is 5.35. The Morgan fingerprint density at radius 2 is 1.90 bits per heavy atom. The molecule has 1 aromatic carbocycles. The first-order valence-corrected chi connectivity index (χ1v) is 11.1. The van der Waals surface area contributed by atoms with Gasteiger partial charge in [-0.25, -0.2) is 8.42 Å². The van der Waals surface area contributed by atoms with Crippen LogP contribution in [0.5, 0.6) is 0 Å². The van der Waals surface area contributed by atoms with Gasteiger partial charge in [0.2, 0.25) is 15.9 Å². The summed E-state index contributed by atoms with van der Waals surface area (Å²) in [4.78, 5) is 24.6. The van der Waals surface area contributed by atoms with Crippen molar-refractivity contribution in [2.75, 3.05) is 36.9 Å². The molecular weight excluding hydrogens is 410 g/mol. The van der Waals surface area contributed by atoms with Gasteiger partial charge in [0.1, 0.15) is 5.82 Å². The Hall–Kier alpha value is -2.76. The van der Waals surface area contributed by atoms with Crippen molar-refractivity contribution in [2.45, 2.75) is 24.2 Å². The van der Waals surface area contributed by atoms with Crippen LogP contribution in [0.4, 0.5) is 11.6 Å². The number of nitrogens with zero attached hydrogens (tertiary/aromatic N) is 3. The molecule has 0 spiro atoms. The van der Waals surface area contributed by atoms with Gasteiger partial charge in [-0.2, -0.15) is 9.40 Å². The van der Waals surface area contributed by atoms with E-state index in [1.54, 1.807) is 7.05 Å². The molecule has 30 heavy (non-hydrogen) atoms. The van der Waals surface area contributed by atoms with E-state index in [-0.39, 0.29) is 16.7 Å². The third kappa shape index (κ3) is 3.71. The van der Waals surface area contributed by atoms with Gasteiger partial charge in [0.05, 0.1) is 18.1 Å². The van der Waals surface area contributed by atoms with Gasteiger partial charge in [-0.1, -0.05) is 6.92 Å². The number of rotatable bonds is 4. The molecule has 0 unspecified atom stereocenters. The Labute approximate surface area is 174 Å². The lowest BCUT2D eigenvalue weighted by atomic mass is 9.95. The van der Waals surface area contributed by atoms with Gasteiger partial charge < -0.3 is 15.4 Å². The van der Waals surface area contributed by atoms with Crippen LogP contribution >= 0.6 is 0 Å². The highest BCUT2D eigenvalue weighted by molar-refractivity contribution is 7.89. The predicted octanol–water partition coefficient (Wildman–Crippen LogP) is 1.14. The van der Waals surface area contributed by atoms with E-state index in [9.17, 15) is 18.0 Å². The number of fused-ring (bicyclic) bond motifs is 1. The van der Waals surface area contributed by atoms with Gasteiger partial charge in [-0.3, -0.25) is 14.3 Å². The van der Waals surface area contributed by atoms with Crippen molar-refractivity contribution < 1.29 is 22.7 Å². The Balaban J connectivity index is 1.53. The normalized spacial score (nSPS) is 19.8. The predicted molar refractivity (Wildman–Crippen MR) is 109 cm³/mol. The molecule has 160 valence electrons. The molecule has 3 heterocycles. The largest absolute Gasteiger partial charge is 0.379 e. The van der Waals surface area contributed by atoms with E-state index in [4.69, 9.17) is 4.74 Å². The molecule has 10 nitrogen and oxygen atoms in total. The number of benzene rings is 1. The second kappa shape index (κ2) is 7.82. The minimum atomic E-state index is -3.62. The third-order valence-electron chi connectivity index (χ3n) is 5.28. The van der Waals surface area contributed by atoms with Crippen LogP contribution in [-0.2, 0) is 26.6 Å². The average Bonchev–Trinajstić information content (AvgIpc) is 3.04. The van der Waals surface area contributed by atoms with Gasteiger partial charge in [-0.05, 0) is 30.2 Å². The molecule has 1 fully saturated rings. The second-order valence-corrected chi connectivity index (χ2v) is 9.32. The molecule has 2 aliphatic rings. The van der Waals surface area contributed by atoms with Crippen molar-refractivity contribution in [1.82, 2.24) is 14.1 Å². The molecule has 2 aromatic rings. The van der Waals surface area contributed by atoms with Crippen LogP contribution in [-0.4, -0.2) is 60.6 Å². The fourth-order valence-electron chi connectivity index (χ4n) is 3.70. The molecule has 2 N–H and O–H groups in total. The van der Waals surface area contributed by atoms with Crippen LogP contribution in [0.2, 0.25) is 0 Å². The zero-order chi connectivity index (χ0) is 21.5. The van der Waals surface area contributed by atoms with Gasteiger partial charge in [0.15, 0.2) is 5.82 Å². The summed E-state index contributed by atoms with van der Waals surface area (Å²) in [7, 11) is -1.93. The van der Waals surface area contributed by atoms with Gasteiger partial charge in [-0.15, -0.1) is 0 Å². The lowest BCUT2D eigenvalue weighted by Crippen LogP contribution is -2.40. The summed E-state index contributed by atoms with van der Waals surface area (Å²) in [6.45, 7) is 3.26. The highest BCUT2D eigenvalue weighted by Gasteiger charge is 2.30. The van der Waals surface area contributed by atoms with E-state index >= 15 is 0 Å². The van der Waals surface area contributed by atoms with Crippen molar-refractivity contribution in [3.8, 4) is 0 Å². The molecule has 0 radical (unpaired) electrons. The Morgan fingerprint density at radius 3 is 2.57 bits per heavy atom. The highest BCUT2D eigenvalue weighted by Crippen LogP contribution is 2.37. The molecule has 0 saturated carbocycles. The summed E-state index contributed by atoms with van der Waals surface area (Å²) in [6, 6.07) is 5.80. The van der Waals surface area contributed by atoms with Crippen molar-refractivity contribution in [1.29, 1.82) is 0 Å². The lowest BCUT2D eigenvalue weighted by Gasteiger charge is -2.26. The number of carbonyl (C=O) groups is 2. The van der Waals surface area contributed by atoms with Crippen LogP contribution < -0.4 is 10.6 Å². The maximum Gasteiger partial charge on any atom is 0.256 e. The summed E-state index contributed by atoms with van der Waals surface area (Å²) in [5, 5.41) is 9.87. The fourth-order valence-corrected chi connectivity index (χ4v) is 5.11. The first-order valence-electron chi connectivity index (χ1n) is 9.63. The second-order valence-electron chi connectivity index (χ2n) is 7.38. The van der Waals surface area contributed by atoms with Crippen molar-refractivity contribution >= 4 is 33.5 Å². The number of aryl methyl sites for hydroxylation is 1. The minimum Gasteiger partial charge on any atom is -0.379 e. The number of amides is 2. The van der Waals surface area contributed by atoms with Crippen molar-refractivity contribution in [2.24, 2.45) is 7.05 Å². The molecule has 1 atom stereocenters. The van der Waals surface area contributed by atoms with E-state index in [1.807, 2.05) is 6.92 Å². The smallest absolute Gasteiger partial charge is 0.256 e. The quantitative estimate of drug-likeness (QED) is 0.746. The summed E-state index contributed by atoms with van der Waals surface area (Å²) in [5.74, 6) is 0.373. The third-order valence-corrected chi connectivity index (χ3v) is 7.20. The zero-order valence-corrected chi connectivity index (χ0v) is 17.5. The van der Waals surface area contributed by atoms with E-state index in [2.05, 4.69) is 15.7 Å². The van der Waals surface area contributed by atoms with Crippen molar-refractivity contribution in [3.63, 3.8) is 0 Å². The lowest BCUT2D eigenvalue weighted by molar-refractivity contribution is -0.116. The van der Waals surface area contributed by atoms with E-state index < -0.39 is 15.9 Å². The average molecular weight is 433 g/mol. The molecule has 1 saturated heterocycles. The SMILES string of the molecule is C[C@@H]1CC(=O)Nc2c1c(NC(=O)c1ccc(S(=O)(=O)N3CCOCC3)cc1)nn2C. The zero-order valence-electron chi connectivity index (χ0n) is 16.7. The number of morpholine rings is 1. The summed E-state index contributed by atoms with van der Waals surface area (Å²) in [6.07, 6.45) is 0.315. The van der Waals surface area contributed by atoms with Crippen LogP contribution in [0.3, 0.4) is 0 Å². The number of sulfonamides is 1. The molecule has 1 aromatic heterocycles. The number of anilines is 2. The molecule has 4 rings (SSSR count). The maximum absolute atomic E-state index is 12.7. The van der Waals surface area contributed by atoms with Crippen LogP contribution in [0.1, 0.15) is 35.2 Å². The number of hydrogen-bond donors (Lipinski definition) is 2. The topological polar surface area (TPSA) is 123 Å². The maximum atomic E-state index is 12.7. The highest BCUT2D eigenvalue weighted by atomic mass is 32.2. The molecule has 0 bridgehead atoms. The standard InChI is InChI=1S/C19H23N5O5S/c1-12-11-15(25)20-18-16(12)17(22-23(18)2)21-19(26)13-3-5-14(6-4-13)30(27,28)24-7-9-29-10-8-24/h3-6,12H,7-11H2,1-2H3,(H,20,25)(H,21,22,26)/t12-/m1/s1. The number of carbonyl (C=O) groups excluding carboxylic acids is 2. The molecule has 2 aliphatic heterocycles. The number of nitrogens with one attached hydrogen (secondary N) is 2. The first-order chi connectivity index (χ1) is 14.3. The monoisotopic (exact) mass is 433 g/mol. The summed E-state index contributed by atoms with van der Waals surface area (Å²) >= 11 is 0. The number of hydrogen-bond acceptors (Lipinski definition) is 6. The summed E-state index contributed by atoms with van der Waals surface area (Å²) in [5.41, 5.74) is 1.08. The van der Waals surface area contributed by atoms with Gasteiger partial charge in [0, 0.05) is 37.7 Å². The van der Waals surface area contributed by atoms with Gasteiger partial charge >= 0.3 is 0 Å².